The number of rotatable bonds is 6. The van der Waals surface area contributed by atoms with Crippen molar-refractivity contribution >= 4 is 11.5 Å². The van der Waals surface area contributed by atoms with Crippen molar-refractivity contribution < 1.29 is 22.8 Å². The standard InChI is InChI=1S/C18H20F3N5O3/c1-17(12-25-10-15(26(27)28)22-16(25)29-17)11-23(2)8-9-24(3)14-6-4-13(5-7-14)18(19,20)21/h4-10H,11-12H2,1-3H3/b9-8+/t17-/m0/s1. The van der Waals surface area contributed by atoms with Gasteiger partial charge in [-0.05, 0) is 36.1 Å². The number of hydrogen-bond acceptors (Lipinski definition) is 6. The van der Waals surface area contributed by atoms with Gasteiger partial charge in [-0.2, -0.15) is 13.2 Å². The molecule has 1 aromatic carbocycles. The van der Waals surface area contributed by atoms with Crippen molar-refractivity contribution in [3.63, 3.8) is 0 Å². The van der Waals surface area contributed by atoms with Gasteiger partial charge in [0.15, 0.2) is 0 Å². The van der Waals surface area contributed by atoms with Gasteiger partial charge >= 0.3 is 18.0 Å². The van der Waals surface area contributed by atoms with Crippen LogP contribution in [0.3, 0.4) is 0 Å². The van der Waals surface area contributed by atoms with E-state index in [0.717, 1.165) is 12.1 Å². The number of ether oxygens (including phenoxy) is 1. The third-order valence-electron chi connectivity index (χ3n) is 4.49. The normalized spacial score (nSPS) is 18.6. The minimum absolute atomic E-state index is 0.207. The van der Waals surface area contributed by atoms with E-state index in [1.807, 2.05) is 18.9 Å². The fraction of sp³-hybridized carbons (Fsp3) is 0.389. The second-order valence-electron chi connectivity index (χ2n) is 7.19. The Bertz CT molecular complexity index is 900. The summed E-state index contributed by atoms with van der Waals surface area (Å²) in [4.78, 5) is 17.6. The number of aromatic nitrogens is 2. The van der Waals surface area contributed by atoms with Gasteiger partial charge in [-0.3, -0.25) is 4.57 Å². The van der Waals surface area contributed by atoms with Crippen LogP contribution in [-0.4, -0.2) is 45.6 Å². The molecule has 0 N–H and O–H groups in total. The Morgan fingerprint density at radius 1 is 1.31 bits per heavy atom. The fourth-order valence-corrected chi connectivity index (χ4v) is 3.13. The number of imidazole rings is 1. The third kappa shape index (κ3) is 4.61. The van der Waals surface area contributed by atoms with Gasteiger partial charge < -0.3 is 24.7 Å². The largest absolute Gasteiger partial charge is 0.436 e. The zero-order chi connectivity index (χ0) is 21.4. The topological polar surface area (TPSA) is 76.7 Å². The molecule has 0 saturated heterocycles. The quantitative estimate of drug-likeness (QED) is 0.535. The SMILES string of the molecule is CN(/C=C/N(C)c1ccc(C(F)(F)F)cc1)C[C@@]1(C)Cn2cc([N+](=O)[O-])nc2O1. The van der Waals surface area contributed by atoms with Crippen LogP contribution in [0.2, 0.25) is 0 Å². The van der Waals surface area contributed by atoms with Crippen LogP contribution in [0.5, 0.6) is 6.01 Å². The van der Waals surface area contributed by atoms with Crippen molar-refractivity contribution in [2.75, 3.05) is 25.5 Å². The Hall–Kier alpha value is -3.24. The molecule has 0 amide bonds. The second kappa shape index (κ2) is 7.30. The van der Waals surface area contributed by atoms with E-state index in [9.17, 15) is 23.3 Å². The lowest BCUT2D eigenvalue weighted by Crippen LogP contribution is -2.41. The van der Waals surface area contributed by atoms with Crippen molar-refractivity contribution in [3.8, 4) is 6.01 Å². The first-order valence-electron chi connectivity index (χ1n) is 8.66. The highest BCUT2D eigenvalue weighted by molar-refractivity contribution is 5.49. The number of nitro groups is 1. The maximum absolute atomic E-state index is 12.7. The number of alkyl halides is 3. The molecule has 1 aliphatic rings. The highest BCUT2D eigenvalue weighted by Crippen LogP contribution is 2.32. The van der Waals surface area contributed by atoms with E-state index in [4.69, 9.17) is 4.74 Å². The fourth-order valence-electron chi connectivity index (χ4n) is 3.13. The van der Waals surface area contributed by atoms with Crippen LogP contribution in [0.1, 0.15) is 12.5 Å². The summed E-state index contributed by atoms with van der Waals surface area (Å²) in [5, 5.41) is 10.8. The Morgan fingerprint density at radius 2 is 1.97 bits per heavy atom. The average Bonchev–Trinajstić information content (AvgIpc) is 3.14. The molecule has 0 radical (unpaired) electrons. The summed E-state index contributed by atoms with van der Waals surface area (Å²) in [6.45, 7) is 2.76. The predicted molar refractivity (Wildman–Crippen MR) is 99.5 cm³/mol. The first kappa shape index (κ1) is 20.5. The van der Waals surface area contributed by atoms with E-state index >= 15 is 0 Å². The smallest absolute Gasteiger partial charge is 0.416 e. The molecule has 156 valence electrons. The highest BCUT2D eigenvalue weighted by Gasteiger charge is 2.40. The average molecular weight is 411 g/mol. The lowest BCUT2D eigenvalue weighted by molar-refractivity contribution is -0.389. The molecule has 1 aliphatic heterocycles. The van der Waals surface area contributed by atoms with Gasteiger partial charge in [0.1, 0.15) is 11.8 Å². The summed E-state index contributed by atoms with van der Waals surface area (Å²) in [7, 11) is 3.56. The minimum atomic E-state index is -4.36. The molecule has 1 atom stereocenters. The van der Waals surface area contributed by atoms with Gasteiger partial charge in [-0.1, -0.05) is 0 Å². The van der Waals surface area contributed by atoms with Crippen molar-refractivity contribution in [1.29, 1.82) is 0 Å². The summed E-state index contributed by atoms with van der Waals surface area (Å²) in [6.07, 6.45) is 0.479. The van der Waals surface area contributed by atoms with Crippen LogP contribution in [-0.2, 0) is 12.7 Å². The summed E-state index contributed by atoms with van der Waals surface area (Å²) in [6, 6.07) is 5.09. The molecule has 0 saturated carbocycles. The predicted octanol–water partition coefficient (Wildman–Crippen LogP) is 3.50. The molecule has 1 aromatic heterocycles. The number of anilines is 1. The van der Waals surface area contributed by atoms with Crippen molar-refractivity contribution in [2.24, 2.45) is 0 Å². The molecular weight excluding hydrogens is 391 g/mol. The van der Waals surface area contributed by atoms with Gasteiger partial charge in [-0.25, -0.2) is 0 Å². The van der Waals surface area contributed by atoms with E-state index in [-0.39, 0.29) is 11.8 Å². The number of benzene rings is 1. The maximum Gasteiger partial charge on any atom is 0.416 e. The maximum atomic E-state index is 12.7. The van der Waals surface area contributed by atoms with Crippen LogP contribution in [0.15, 0.2) is 42.9 Å². The van der Waals surface area contributed by atoms with E-state index in [0.29, 0.717) is 18.8 Å². The van der Waals surface area contributed by atoms with Crippen LogP contribution in [0, 0.1) is 10.1 Å². The Balaban J connectivity index is 1.58. The molecule has 0 fully saturated rings. The summed E-state index contributed by atoms with van der Waals surface area (Å²) in [5.41, 5.74) is -0.707. The Morgan fingerprint density at radius 3 is 2.52 bits per heavy atom. The molecule has 11 heteroatoms. The number of nitrogens with zero attached hydrogens (tertiary/aromatic N) is 5. The molecule has 29 heavy (non-hydrogen) atoms. The van der Waals surface area contributed by atoms with Crippen LogP contribution in [0.4, 0.5) is 24.7 Å². The van der Waals surface area contributed by atoms with E-state index in [1.165, 1.54) is 18.3 Å². The lowest BCUT2D eigenvalue weighted by Gasteiger charge is -2.27. The van der Waals surface area contributed by atoms with Crippen molar-refractivity contribution in [3.05, 3.63) is 58.5 Å². The first-order valence-corrected chi connectivity index (χ1v) is 8.66. The molecule has 0 spiro atoms. The van der Waals surface area contributed by atoms with Crippen molar-refractivity contribution in [1.82, 2.24) is 14.5 Å². The lowest BCUT2D eigenvalue weighted by atomic mass is 10.1. The van der Waals surface area contributed by atoms with Gasteiger partial charge in [0.25, 0.3) is 0 Å². The third-order valence-corrected chi connectivity index (χ3v) is 4.49. The van der Waals surface area contributed by atoms with Gasteiger partial charge in [0.2, 0.25) is 0 Å². The minimum Gasteiger partial charge on any atom is -0.436 e. The monoisotopic (exact) mass is 411 g/mol. The number of hydrogen-bond donors (Lipinski definition) is 0. The zero-order valence-corrected chi connectivity index (χ0v) is 16.1. The highest BCUT2D eigenvalue weighted by atomic mass is 19.4. The number of fused-ring (bicyclic) bond motifs is 1. The first-order chi connectivity index (χ1) is 13.5. The Kier molecular flexibility index (Phi) is 5.16. The molecule has 0 bridgehead atoms. The number of likely N-dealkylation sites (N-methyl/N-ethyl adjacent to an activating group) is 1. The molecule has 3 rings (SSSR count). The van der Waals surface area contributed by atoms with Gasteiger partial charge in [0, 0.05) is 37.2 Å². The summed E-state index contributed by atoms with van der Waals surface area (Å²) in [5.74, 6) is -0.256. The Labute approximate surface area is 164 Å². The molecule has 0 aliphatic carbocycles. The zero-order valence-electron chi connectivity index (χ0n) is 16.1. The van der Waals surface area contributed by atoms with E-state index in [1.54, 1.807) is 28.9 Å². The van der Waals surface area contributed by atoms with Gasteiger partial charge in [-0.15, -0.1) is 0 Å². The molecule has 8 nitrogen and oxygen atoms in total. The van der Waals surface area contributed by atoms with E-state index < -0.39 is 22.3 Å². The van der Waals surface area contributed by atoms with Crippen LogP contribution in [0.25, 0.3) is 0 Å². The summed E-state index contributed by atoms with van der Waals surface area (Å²) >= 11 is 0. The molecule has 0 unspecified atom stereocenters. The molecular formula is C18H20F3N5O3. The summed E-state index contributed by atoms with van der Waals surface area (Å²) < 4.78 is 45.4. The van der Waals surface area contributed by atoms with Crippen molar-refractivity contribution in [2.45, 2.75) is 25.2 Å². The van der Waals surface area contributed by atoms with Gasteiger partial charge in [0.05, 0.1) is 18.7 Å². The number of halogens is 3. The molecule has 2 heterocycles. The van der Waals surface area contributed by atoms with Crippen LogP contribution >= 0.6 is 0 Å². The van der Waals surface area contributed by atoms with Crippen LogP contribution < -0.4 is 9.64 Å². The van der Waals surface area contributed by atoms with E-state index in [2.05, 4.69) is 4.98 Å². The molecule has 2 aromatic rings. The second-order valence-corrected chi connectivity index (χ2v) is 7.19.